The maximum Gasteiger partial charge on any atom is 0.416 e. The van der Waals surface area contributed by atoms with Gasteiger partial charge in [-0.25, -0.2) is 9.69 Å². The molecule has 124 valence electrons. The summed E-state index contributed by atoms with van der Waals surface area (Å²) in [5, 5.41) is 10.2. The minimum atomic E-state index is -0.904. The van der Waals surface area contributed by atoms with E-state index in [1.165, 1.54) is 0 Å². The number of carbonyl (C=O) groups is 2. The molecule has 1 saturated heterocycles. The van der Waals surface area contributed by atoms with Crippen molar-refractivity contribution in [1.82, 2.24) is 4.90 Å². The monoisotopic (exact) mass is 317 g/mol. The highest BCUT2D eigenvalue weighted by atomic mass is 16.6. The number of allylic oxidation sites excluding steroid dienone is 1. The van der Waals surface area contributed by atoms with Crippen LogP contribution in [0.5, 0.6) is 0 Å². The van der Waals surface area contributed by atoms with Gasteiger partial charge in [-0.3, -0.25) is 4.79 Å². The third kappa shape index (κ3) is 3.79. The first-order chi connectivity index (χ1) is 11.0. The summed E-state index contributed by atoms with van der Waals surface area (Å²) in [5.41, 5.74) is 1.74. The molecule has 1 aromatic rings. The van der Waals surface area contributed by atoms with Gasteiger partial charge in [-0.2, -0.15) is 0 Å². The van der Waals surface area contributed by atoms with E-state index < -0.39 is 24.0 Å². The van der Waals surface area contributed by atoms with E-state index in [-0.39, 0.29) is 12.6 Å². The average Bonchev–Trinajstić information content (AvgIpc) is 2.93. The highest BCUT2D eigenvalue weighted by molar-refractivity contribution is 5.95. The quantitative estimate of drug-likeness (QED) is 0.848. The summed E-state index contributed by atoms with van der Waals surface area (Å²) in [5.74, 6) is -1.10. The minimum Gasteiger partial charge on any atom is -0.447 e. The van der Waals surface area contributed by atoms with E-state index in [2.05, 4.69) is 0 Å². The number of rotatable bonds is 5. The zero-order chi connectivity index (χ0) is 17.0. The number of cyclic esters (lactones) is 1. The smallest absolute Gasteiger partial charge is 0.416 e. The van der Waals surface area contributed by atoms with Crippen LogP contribution in [0.4, 0.5) is 4.79 Å². The van der Waals surface area contributed by atoms with Gasteiger partial charge in [0.15, 0.2) is 0 Å². The lowest BCUT2D eigenvalue weighted by atomic mass is 9.96. The molecule has 0 radical (unpaired) electrons. The van der Waals surface area contributed by atoms with Crippen LogP contribution in [0, 0.1) is 5.92 Å². The van der Waals surface area contributed by atoms with Crippen molar-refractivity contribution in [1.29, 1.82) is 0 Å². The van der Waals surface area contributed by atoms with Gasteiger partial charge in [-0.15, -0.1) is 0 Å². The highest BCUT2D eigenvalue weighted by Gasteiger charge is 2.41. The van der Waals surface area contributed by atoms with Crippen LogP contribution in [-0.2, 0) is 16.0 Å². The number of nitrogens with zero attached hydrogens (tertiary/aromatic N) is 1. The zero-order valence-corrected chi connectivity index (χ0v) is 13.7. The Bertz CT molecular complexity index is 596. The van der Waals surface area contributed by atoms with Crippen molar-refractivity contribution in [3.05, 3.63) is 47.5 Å². The number of ether oxygens (including phenoxy) is 1. The Morgan fingerprint density at radius 2 is 2.09 bits per heavy atom. The van der Waals surface area contributed by atoms with E-state index in [1.54, 1.807) is 26.8 Å². The maximum atomic E-state index is 12.7. The van der Waals surface area contributed by atoms with Crippen LogP contribution in [0.1, 0.15) is 26.3 Å². The fourth-order valence-corrected chi connectivity index (χ4v) is 2.69. The van der Waals surface area contributed by atoms with Gasteiger partial charge < -0.3 is 9.84 Å². The SMILES string of the molecule is C/C=C(\C)[C@@H](O)[C@H](C)C(=O)N1C(=O)OC[C@@H]1Cc1ccccc1. The summed E-state index contributed by atoms with van der Waals surface area (Å²) in [4.78, 5) is 25.8. The lowest BCUT2D eigenvalue weighted by Gasteiger charge is -2.26. The Kier molecular flexibility index (Phi) is 5.55. The van der Waals surface area contributed by atoms with Gasteiger partial charge in [0.2, 0.25) is 5.91 Å². The summed E-state index contributed by atoms with van der Waals surface area (Å²) in [6.07, 6.45) is 0.772. The van der Waals surface area contributed by atoms with Crippen molar-refractivity contribution in [2.75, 3.05) is 6.61 Å². The van der Waals surface area contributed by atoms with E-state index in [9.17, 15) is 14.7 Å². The van der Waals surface area contributed by atoms with Gasteiger partial charge in [-0.05, 0) is 31.4 Å². The topological polar surface area (TPSA) is 66.8 Å². The van der Waals surface area contributed by atoms with Crippen molar-refractivity contribution in [2.24, 2.45) is 5.92 Å². The fourth-order valence-electron chi connectivity index (χ4n) is 2.69. The van der Waals surface area contributed by atoms with Crippen LogP contribution >= 0.6 is 0 Å². The molecule has 23 heavy (non-hydrogen) atoms. The lowest BCUT2D eigenvalue weighted by Crippen LogP contribution is -2.45. The zero-order valence-electron chi connectivity index (χ0n) is 13.7. The van der Waals surface area contributed by atoms with Crippen LogP contribution < -0.4 is 0 Å². The van der Waals surface area contributed by atoms with Gasteiger partial charge in [0, 0.05) is 0 Å². The van der Waals surface area contributed by atoms with E-state index in [4.69, 9.17) is 4.74 Å². The van der Waals surface area contributed by atoms with E-state index in [0.29, 0.717) is 12.0 Å². The predicted octanol–water partition coefficient (Wildman–Crippen LogP) is 2.54. The third-order valence-electron chi connectivity index (χ3n) is 4.30. The Labute approximate surface area is 136 Å². The second kappa shape index (κ2) is 7.42. The molecule has 0 bridgehead atoms. The number of carbonyl (C=O) groups excluding carboxylic acids is 2. The number of amides is 2. The fraction of sp³-hybridized carbons (Fsp3) is 0.444. The molecule has 1 aliphatic rings. The summed E-state index contributed by atoms with van der Waals surface area (Å²) >= 11 is 0. The molecular weight excluding hydrogens is 294 g/mol. The van der Waals surface area contributed by atoms with Gasteiger partial charge in [0.1, 0.15) is 6.61 Å². The van der Waals surface area contributed by atoms with E-state index >= 15 is 0 Å². The minimum absolute atomic E-state index is 0.185. The molecular formula is C18H23NO4. The molecule has 1 aliphatic heterocycles. The largest absolute Gasteiger partial charge is 0.447 e. The average molecular weight is 317 g/mol. The van der Waals surface area contributed by atoms with Crippen LogP contribution in [-0.4, -0.2) is 40.8 Å². The summed E-state index contributed by atoms with van der Waals surface area (Å²) in [7, 11) is 0. The number of imide groups is 1. The molecule has 0 saturated carbocycles. The van der Waals surface area contributed by atoms with Crippen LogP contribution in [0.25, 0.3) is 0 Å². The predicted molar refractivity (Wildman–Crippen MR) is 86.7 cm³/mol. The van der Waals surface area contributed by atoms with Crippen molar-refractivity contribution in [3.63, 3.8) is 0 Å². The van der Waals surface area contributed by atoms with Gasteiger partial charge in [-0.1, -0.05) is 43.3 Å². The number of aliphatic hydroxyl groups excluding tert-OH is 1. The van der Waals surface area contributed by atoms with Crippen LogP contribution in [0.2, 0.25) is 0 Å². The van der Waals surface area contributed by atoms with Gasteiger partial charge in [0.25, 0.3) is 0 Å². The van der Waals surface area contributed by atoms with Gasteiger partial charge >= 0.3 is 6.09 Å². The van der Waals surface area contributed by atoms with Crippen molar-refractivity contribution < 1.29 is 19.4 Å². The number of benzene rings is 1. The first-order valence-electron chi connectivity index (χ1n) is 7.80. The standard InChI is InChI=1S/C18H23NO4/c1-4-12(2)16(20)13(3)17(21)19-15(11-23-18(19)22)10-14-8-6-5-7-9-14/h4-9,13,15-16,20H,10-11H2,1-3H3/b12-4+/t13-,15-,16+/m0/s1. The van der Waals surface area contributed by atoms with E-state index in [1.807, 2.05) is 30.3 Å². The Morgan fingerprint density at radius 3 is 2.70 bits per heavy atom. The van der Waals surface area contributed by atoms with Crippen molar-refractivity contribution >= 4 is 12.0 Å². The first kappa shape index (κ1) is 17.2. The number of hydrogen-bond acceptors (Lipinski definition) is 4. The maximum absolute atomic E-state index is 12.7. The summed E-state index contributed by atoms with van der Waals surface area (Å²) < 4.78 is 5.06. The summed E-state index contributed by atoms with van der Waals surface area (Å²) in [6, 6.07) is 9.32. The van der Waals surface area contributed by atoms with Gasteiger partial charge in [0.05, 0.1) is 18.1 Å². The molecule has 1 heterocycles. The van der Waals surface area contributed by atoms with Crippen molar-refractivity contribution in [3.8, 4) is 0 Å². The molecule has 2 rings (SSSR count). The molecule has 0 spiro atoms. The molecule has 5 nitrogen and oxygen atoms in total. The second-order valence-corrected chi connectivity index (χ2v) is 5.89. The lowest BCUT2D eigenvalue weighted by molar-refractivity contribution is -0.135. The van der Waals surface area contributed by atoms with Crippen molar-refractivity contribution in [2.45, 2.75) is 39.3 Å². The highest BCUT2D eigenvalue weighted by Crippen LogP contribution is 2.23. The van der Waals surface area contributed by atoms with Crippen LogP contribution in [0.15, 0.2) is 42.0 Å². The molecule has 1 aromatic carbocycles. The Morgan fingerprint density at radius 1 is 1.43 bits per heavy atom. The molecule has 2 amide bonds. The Balaban J connectivity index is 2.14. The number of hydrogen-bond donors (Lipinski definition) is 1. The first-order valence-corrected chi connectivity index (χ1v) is 7.80. The molecule has 0 aromatic heterocycles. The molecule has 0 unspecified atom stereocenters. The molecule has 1 fully saturated rings. The Hall–Kier alpha value is -2.14. The number of aliphatic hydroxyl groups is 1. The third-order valence-corrected chi connectivity index (χ3v) is 4.30. The van der Waals surface area contributed by atoms with E-state index in [0.717, 1.165) is 10.5 Å². The summed E-state index contributed by atoms with van der Waals surface area (Å²) in [6.45, 7) is 5.38. The molecule has 3 atom stereocenters. The molecule has 0 aliphatic carbocycles. The molecule has 1 N–H and O–H groups in total. The van der Waals surface area contributed by atoms with Crippen LogP contribution in [0.3, 0.4) is 0 Å². The molecule has 5 heteroatoms. The normalized spacial score (nSPS) is 21.0. The second-order valence-electron chi connectivity index (χ2n) is 5.89.